The maximum Gasteiger partial charge on any atom is 0.276 e. The predicted molar refractivity (Wildman–Crippen MR) is 118 cm³/mol. The Kier molecular flexibility index (Phi) is 7.60. The first kappa shape index (κ1) is 20.8. The number of thiazole rings is 1. The van der Waals surface area contributed by atoms with Gasteiger partial charge in [-0.25, -0.2) is 9.97 Å². The second kappa shape index (κ2) is 10.6. The third-order valence-corrected chi connectivity index (χ3v) is 4.98. The maximum absolute atomic E-state index is 12.4. The average Bonchev–Trinajstić information content (AvgIpc) is 3.23. The molecule has 29 heavy (non-hydrogen) atoms. The topological polar surface area (TPSA) is 89.0 Å². The number of aromatic nitrogens is 3. The van der Waals surface area contributed by atoms with Gasteiger partial charge in [0.05, 0.1) is 18.5 Å². The molecule has 9 heteroatoms. The van der Waals surface area contributed by atoms with Crippen molar-refractivity contribution in [2.24, 2.45) is 0 Å². The summed E-state index contributed by atoms with van der Waals surface area (Å²) in [4.78, 5) is 24.9. The molecule has 0 spiro atoms. The standard InChI is InChI=1S/C20H21N5O2S2/c1-2-3-4-11-27-17-6-5-15(12-22-17)23-20(28)25-18(26)16-13-29-19(24-16)14-7-9-21-10-8-14/h5-10,12-13H,2-4,11H2,1H3,(H2,23,25,26,28). The predicted octanol–water partition coefficient (Wildman–Crippen LogP) is 4.30. The van der Waals surface area contributed by atoms with E-state index in [0.717, 1.165) is 29.8 Å². The highest BCUT2D eigenvalue weighted by Gasteiger charge is 2.13. The lowest BCUT2D eigenvalue weighted by atomic mass is 10.3. The van der Waals surface area contributed by atoms with Crippen molar-refractivity contribution in [1.82, 2.24) is 20.3 Å². The average molecular weight is 428 g/mol. The minimum atomic E-state index is -0.372. The molecule has 0 aliphatic rings. The number of nitrogens with one attached hydrogen (secondary N) is 2. The first-order valence-electron chi connectivity index (χ1n) is 9.23. The van der Waals surface area contributed by atoms with Gasteiger partial charge in [-0.3, -0.25) is 15.1 Å². The van der Waals surface area contributed by atoms with Crippen LogP contribution in [0.3, 0.4) is 0 Å². The number of anilines is 1. The summed E-state index contributed by atoms with van der Waals surface area (Å²) >= 11 is 6.60. The number of ether oxygens (including phenoxy) is 1. The van der Waals surface area contributed by atoms with Gasteiger partial charge in [-0.15, -0.1) is 11.3 Å². The van der Waals surface area contributed by atoms with Gasteiger partial charge in [0.25, 0.3) is 5.91 Å². The molecule has 1 amide bonds. The monoisotopic (exact) mass is 427 g/mol. The van der Waals surface area contributed by atoms with Crippen LogP contribution in [0.1, 0.15) is 36.7 Å². The number of amides is 1. The molecule has 7 nitrogen and oxygen atoms in total. The van der Waals surface area contributed by atoms with Gasteiger partial charge in [-0.2, -0.15) is 0 Å². The zero-order chi connectivity index (χ0) is 20.5. The van der Waals surface area contributed by atoms with E-state index in [-0.39, 0.29) is 11.0 Å². The van der Waals surface area contributed by atoms with E-state index >= 15 is 0 Å². The van der Waals surface area contributed by atoms with E-state index in [1.165, 1.54) is 11.3 Å². The first-order valence-corrected chi connectivity index (χ1v) is 10.5. The quantitative estimate of drug-likeness (QED) is 0.409. The van der Waals surface area contributed by atoms with Crippen LogP contribution >= 0.6 is 23.6 Å². The fourth-order valence-corrected chi connectivity index (χ4v) is 3.42. The van der Waals surface area contributed by atoms with Gasteiger partial charge < -0.3 is 10.1 Å². The molecular formula is C20H21N5O2S2. The summed E-state index contributed by atoms with van der Waals surface area (Å²) in [6.45, 7) is 2.80. The number of carbonyl (C=O) groups is 1. The van der Waals surface area contributed by atoms with Crippen molar-refractivity contribution >= 4 is 40.3 Å². The smallest absolute Gasteiger partial charge is 0.276 e. The molecule has 3 heterocycles. The molecule has 0 aliphatic carbocycles. The van der Waals surface area contributed by atoms with Crippen molar-refractivity contribution in [3.05, 3.63) is 53.9 Å². The lowest BCUT2D eigenvalue weighted by molar-refractivity contribution is 0.0973. The summed E-state index contributed by atoms with van der Waals surface area (Å²) in [5.41, 5.74) is 1.87. The fraction of sp³-hybridized carbons (Fsp3) is 0.250. The van der Waals surface area contributed by atoms with Crippen molar-refractivity contribution in [3.8, 4) is 16.5 Å². The van der Waals surface area contributed by atoms with Crippen molar-refractivity contribution in [3.63, 3.8) is 0 Å². The van der Waals surface area contributed by atoms with E-state index in [9.17, 15) is 4.79 Å². The highest BCUT2D eigenvalue weighted by molar-refractivity contribution is 7.80. The summed E-state index contributed by atoms with van der Waals surface area (Å²) in [7, 11) is 0. The largest absolute Gasteiger partial charge is 0.478 e. The summed E-state index contributed by atoms with van der Waals surface area (Å²) < 4.78 is 5.58. The van der Waals surface area contributed by atoms with Crippen LogP contribution in [0.2, 0.25) is 0 Å². The Morgan fingerprint density at radius 2 is 2.03 bits per heavy atom. The van der Waals surface area contributed by atoms with E-state index in [0.29, 0.717) is 23.9 Å². The normalized spacial score (nSPS) is 10.4. The Balaban J connectivity index is 1.50. The molecule has 0 saturated carbocycles. The Hall–Kier alpha value is -2.91. The number of pyridine rings is 2. The lowest BCUT2D eigenvalue weighted by Gasteiger charge is -2.09. The summed E-state index contributed by atoms with van der Waals surface area (Å²) in [5, 5.41) is 8.17. The van der Waals surface area contributed by atoms with Gasteiger partial charge in [-0.1, -0.05) is 19.8 Å². The van der Waals surface area contributed by atoms with Gasteiger partial charge in [0, 0.05) is 29.4 Å². The van der Waals surface area contributed by atoms with E-state index < -0.39 is 0 Å². The molecule has 0 saturated heterocycles. The van der Waals surface area contributed by atoms with Gasteiger partial charge in [0.1, 0.15) is 10.7 Å². The second-order valence-electron chi connectivity index (χ2n) is 6.12. The number of hydrogen-bond acceptors (Lipinski definition) is 7. The molecule has 150 valence electrons. The van der Waals surface area contributed by atoms with E-state index in [1.54, 1.807) is 36.1 Å². The van der Waals surface area contributed by atoms with E-state index in [1.807, 2.05) is 12.1 Å². The molecule has 0 radical (unpaired) electrons. The van der Waals surface area contributed by atoms with Crippen LogP contribution in [-0.4, -0.2) is 32.6 Å². The lowest BCUT2D eigenvalue weighted by Crippen LogP contribution is -2.34. The molecule has 0 aliphatic heterocycles. The minimum absolute atomic E-state index is 0.173. The fourth-order valence-electron chi connectivity index (χ4n) is 2.40. The van der Waals surface area contributed by atoms with Crippen LogP contribution in [0.25, 0.3) is 10.6 Å². The number of nitrogens with zero attached hydrogens (tertiary/aromatic N) is 3. The molecule has 3 rings (SSSR count). The summed E-state index contributed by atoms with van der Waals surface area (Å²) in [6, 6.07) is 7.25. The van der Waals surface area contributed by atoms with Crippen LogP contribution < -0.4 is 15.4 Å². The molecule has 0 atom stereocenters. The van der Waals surface area contributed by atoms with Crippen LogP contribution in [0.15, 0.2) is 48.2 Å². The third-order valence-electron chi connectivity index (χ3n) is 3.88. The van der Waals surface area contributed by atoms with E-state index in [4.69, 9.17) is 17.0 Å². The van der Waals surface area contributed by atoms with Gasteiger partial charge in [-0.05, 0) is 36.8 Å². The van der Waals surface area contributed by atoms with Crippen LogP contribution in [0.5, 0.6) is 5.88 Å². The van der Waals surface area contributed by atoms with Gasteiger partial charge >= 0.3 is 0 Å². The Morgan fingerprint density at radius 3 is 2.76 bits per heavy atom. The maximum atomic E-state index is 12.4. The number of unbranched alkanes of at least 4 members (excludes halogenated alkanes) is 2. The first-order chi connectivity index (χ1) is 14.2. The number of thiocarbonyl (C=S) groups is 1. The Morgan fingerprint density at radius 1 is 1.21 bits per heavy atom. The Bertz CT molecular complexity index is 945. The van der Waals surface area contributed by atoms with Crippen molar-refractivity contribution in [2.75, 3.05) is 11.9 Å². The summed E-state index contributed by atoms with van der Waals surface area (Å²) in [5.74, 6) is 0.190. The highest BCUT2D eigenvalue weighted by Crippen LogP contribution is 2.22. The minimum Gasteiger partial charge on any atom is -0.478 e. The highest BCUT2D eigenvalue weighted by atomic mass is 32.1. The van der Waals surface area contributed by atoms with Crippen molar-refractivity contribution in [1.29, 1.82) is 0 Å². The van der Waals surface area contributed by atoms with Crippen LogP contribution in [0.4, 0.5) is 5.69 Å². The Labute approximate surface area is 178 Å². The second-order valence-corrected chi connectivity index (χ2v) is 7.39. The zero-order valence-corrected chi connectivity index (χ0v) is 17.6. The van der Waals surface area contributed by atoms with Crippen LogP contribution in [0, 0.1) is 0 Å². The van der Waals surface area contributed by atoms with Crippen molar-refractivity contribution in [2.45, 2.75) is 26.2 Å². The molecule has 0 unspecified atom stereocenters. The molecule has 2 N–H and O–H groups in total. The molecule has 0 bridgehead atoms. The number of hydrogen-bond donors (Lipinski definition) is 2. The summed E-state index contributed by atoms with van der Waals surface area (Å²) in [6.07, 6.45) is 8.27. The molecule has 3 aromatic heterocycles. The van der Waals surface area contributed by atoms with Gasteiger partial charge in [0.2, 0.25) is 5.88 Å². The molecule has 0 aromatic carbocycles. The third kappa shape index (κ3) is 6.30. The molecule has 0 fully saturated rings. The number of rotatable bonds is 8. The van der Waals surface area contributed by atoms with Crippen molar-refractivity contribution < 1.29 is 9.53 Å². The zero-order valence-electron chi connectivity index (χ0n) is 15.9. The molecular weight excluding hydrogens is 406 g/mol. The van der Waals surface area contributed by atoms with Gasteiger partial charge in [0.15, 0.2) is 5.11 Å². The van der Waals surface area contributed by atoms with E-state index in [2.05, 4.69) is 32.5 Å². The number of carbonyl (C=O) groups excluding carboxylic acids is 1. The van der Waals surface area contributed by atoms with Crippen LogP contribution in [-0.2, 0) is 0 Å². The molecule has 3 aromatic rings. The SMILES string of the molecule is CCCCCOc1ccc(NC(=S)NC(=O)c2csc(-c3ccncc3)n2)cn1.